The lowest BCUT2D eigenvalue weighted by Gasteiger charge is -2.28. The van der Waals surface area contributed by atoms with Gasteiger partial charge in [0.2, 0.25) is 0 Å². The number of imidazole rings is 1. The maximum absolute atomic E-state index is 13.1. The minimum absolute atomic E-state index is 0.00843. The number of anilines is 1. The number of carbonyl (C=O) groups is 2. The van der Waals surface area contributed by atoms with Crippen molar-refractivity contribution in [3.63, 3.8) is 0 Å². The van der Waals surface area contributed by atoms with Crippen LogP contribution in [0, 0.1) is 0 Å². The summed E-state index contributed by atoms with van der Waals surface area (Å²) in [5.41, 5.74) is 0.388. The molecule has 3 heterocycles. The summed E-state index contributed by atoms with van der Waals surface area (Å²) < 4.78 is 2.48. The summed E-state index contributed by atoms with van der Waals surface area (Å²) in [6.07, 6.45) is 4.92. The van der Waals surface area contributed by atoms with Crippen LogP contribution in [0.2, 0.25) is 10.2 Å². The number of nitrogens with one attached hydrogen (secondary N) is 1. The maximum atomic E-state index is 13.1. The Morgan fingerprint density at radius 3 is 2.63 bits per heavy atom. The molecule has 152 valence electrons. The average molecular weight is 496 g/mol. The van der Waals surface area contributed by atoms with Crippen LogP contribution in [0.25, 0.3) is 6.08 Å². The van der Waals surface area contributed by atoms with Gasteiger partial charge >= 0.3 is 0 Å². The van der Waals surface area contributed by atoms with E-state index in [4.69, 9.17) is 35.4 Å². The predicted molar refractivity (Wildman–Crippen MR) is 122 cm³/mol. The second-order valence-electron chi connectivity index (χ2n) is 5.99. The summed E-state index contributed by atoms with van der Waals surface area (Å²) in [7, 11) is 1.87. The molecule has 1 N–H and O–H groups in total. The van der Waals surface area contributed by atoms with Gasteiger partial charge in [-0.25, -0.2) is 9.97 Å². The predicted octanol–water partition coefficient (Wildman–Crippen LogP) is 4.17. The van der Waals surface area contributed by atoms with Gasteiger partial charge in [-0.15, -0.1) is 11.3 Å². The summed E-state index contributed by atoms with van der Waals surface area (Å²) in [5.74, 6) is -1.16. The Kier molecular flexibility index (Phi) is 5.94. The molecule has 0 atom stereocenters. The van der Waals surface area contributed by atoms with E-state index in [9.17, 15) is 9.59 Å². The Morgan fingerprint density at radius 1 is 1.23 bits per heavy atom. The van der Waals surface area contributed by atoms with E-state index >= 15 is 0 Å². The second kappa shape index (κ2) is 8.48. The van der Waals surface area contributed by atoms with Gasteiger partial charge in [0.15, 0.2) is 14.6 Å². The number of halogens is 2. The van der Waals surface area contributed by atoms with Gasteiger partial charge in [0, 0.05) is 24.5 Å². The molecule has 1 fully saturated rings. The first-order valence-electron chi connectivity index (χ1n) is 8.32. The van der Waals surface area contributed by atoms with Gasteiger partial charge in [-0.05, 0) is 54.3 Å². The molecule has 0 spiro atoms. The van der Waals surface area contributed by atoms with Gasteiger partial charge in [-0.1, -0.05) is 23.2 Å². The van der Waals surface area contributed by atoms with Crippen molar-refractivity contribution < 1.29 is 9.59 Å². The van der Waals surface area contributed by atoms with Gasteiger partial charge in [0.25, 0.3) is 11.8 Å². The van der Waals surface area contributed by atoms with Crippen LogP contribution < -0.4 is 10.2 Å². The molecule has 1 aromatic carbocycles. The molecule has 7 nitrogen and oxygen atoms in total. The molecule has 30 heavy (non-hydrogen) atoms. The number of amides is 2. The zero-order valence-electron chi connectivity index (χ0n) is 15.1. The van der Waals surface area contributed by atoms with Crippen LogP contribution in [0.5, 0.6) is 0 Å². The molecule has 1 saturated heterocycles. The van der Waals surface area contributed by atoms with Crippen molar-refractivity contribution in [2.24, 2.45) is 7.05 Å². The lowest BCUT2D eigenvalue weighted by Crippen LogP contribution is -2.54. The number of hydrogen-bond acceptors (Lipinski definition) is 7. The number of rotatable bonds is 4. The van der Waals surface area contributed by atoms with Crippen LogP contribution in [0.15, 0.2) is 51.7 Å². The summed E-state index contributed by atoms with van der Waals surface area (Å²) in [4.78, 5) is 35.8. The van der Waals surface area contributed by atoms with E-state index in [-0.39, 0.29) is 15.8 Å². The van der Waals surface area contributed by atoms with E-state index in [1.807, 2.05) is 17.8 Å². The van der Waals surface area contributed by atoms with Crippen molar-refractivity contribution in [3.8, 4) is 0 Å². The topological polar surface area (TPSA) is 80.1 Å². The van der Waals surface area contributed by atoms with Crippen LogP contribution in [-0.4, -0.2) is 31.5 Å². The van der Waals surface area contributed by atoms with E-state index in [2.05, 4.69) is 15.3 Å². The maximum Gasteiger partial charge on any atom is 0.270 e. The lowest BCUT2D eigenvalue weighted by molar-refractivity contribution is -0.122. The minimum Gasteiger partial charge on any atom is -0.329 e. The highest BCUT2D eigenvalue weighted by molar-refractivity contribution is 8.00. The first-order valence-corrected chi connectivity index (χ1v) is 11.1. The van der Waals surface area contributed by atoms with E-state index in [1.54, 1.807) is 30.5 Å². The number of hydrogen-bond donors (Lipinski definition) is 1. The standard InChI is InChI=1S/C18H11Cl2N5O2S3/c1-24-7-6-21-17(24)30-18-22-13(20)12(29-18)8-11-14(26)23-16(28)25(15(11)27)10-4-2-9(19)3-5-10/h2-8H,1H3,(H,23,26,28). The number of carbonyl (C=O) groups excluding carboxylic acids is 2. The van der Waals surface area contributed by atoms with Gasteiger partial charge in [-0.3, -0.25) is 19.8 Å². The van der Waals surface area contributed by atoms with Crippen LogP contribution in [0.3, 0.4) is 0 Å². The first-order chi connectivity index (χ1) is 14.3. The molecule has 1 aliphatic heterocycles. The fourth-order valence-electron chi connectivity index (χ4n) is 2.57. The third-order valence-corrected chi connectivity index (χ3v) is 7.08. The summed E-state index contributed by atoms with van der Waals surface area (Å²) in [6.45, 7) is 0. The van der Waals surface area contributed by atoms with E-state index in [0.717, 1.165) is 5.16 Å². The molecular formula is C18H11Cl2N5O2S3. The third-order valence-electron chi connectivity index (χ3n) is 4.01. The molecule has 1 aliphatic rings. The average Bonchev–Trinajstić information content (AvgIpc) is 3.25. The molecular weight excluding hydrogens is 485 g/mol. The zero-order valence-corrected chi connectivity index (χ0v) is 19.1. The summed E-state index contributed by atoms with van der Waals surface area (Å²) >= 11 is 19.9. The van der Waals surface area contributed by atoms with Gasteiger partial charge in [-0.2, -0.15) is 0 Å². The van der Waals surface area contributed by atoms with Gasteiger partial charge in [0.1, 0.15) is 10.7 Å². The number of thiazole rings is 1. The molecule has 0 unspecified atom stereocenters. The van der Waals surface area contributed by atoms with Crippen molar-refractivity contribution in [1.29, 1.82) is 0 Å². The van der Waals surface area contributed by atoms with Crippen molar-refractivity contribution in [3.05, 3.63) is 57.3 Å². The highest BCUT2D eigenvalue weighted by Gasteiger charge is 2.34. The highest BCUT2D eigenvalue weighted by Crippen LogP contribution is 2.35. The van der Waals surface area contributed by atoms with Gasteiger partial charge in [0.05, 0.1) is 10.6 Å². The van der Waals surface area contributed by atoms with Crippen molar-refractivity contribution in [2.45, 2.75) is 9.50 Å². The number of benzene rings is 1. The molecule has 4 rings (SSSR count). The monoisotopic (exact) mass is 495 g/mol. The summed E-state index contributed by atoms with van der Waals surface area (Å²) in [5, 5.41) is 3.97. The van der Waals surface area contributed by atoms with Crippen molar-refractivity contribution in [2.75, 3.05) is 4.90 Å². The Morgan fingerprint density at radius 2 is 1.97 bits per heavy atom. The number of aryl methyl sites for hydroxylation is 1. The molecule has 0 aliphatic carbocycles. The molecule has 0 saturated carbocycles. The van der Waals surface area contributed by atoms with Crippen LogP contribution >= 0.6 is 58.5 Å². The second-order valence-corrected chi connectivity index (χ2v) is 9.42. The lowest BCUT2D eigenvalue weighted by atomic mass is 10.1. The SMILES string of the molecule is Cn1ccnc1Sc1nc(Cl)c(C=C2C(=O)NC(=S)N(c3ccc(Cl)cc3)C2=O)s1. The minimum atomic E-state index is -0.599. The quantitative estimate of drug-likeness (QED) is 0.332. The summed E-state index contributed by atoms with van der Waals surface area (Å²) in [6, 6.07) is 6.55. The molecule has 2 aromatic heterocycles. The Balaban J connectivity index is 1.66. The number of aromatic nitrogens is 3. The van der Waals surface area contributed by atoms with Crippen LogP contribution in [0.1, 0.15) is 4.88 Å². The van der Waals surface area contributed by atoms with Crippen LogP contribution in [0.4, 0.5) is 5.69 Å². The Hall–Kier alpha value is -2.24. The fourth-order valence-corrected chi connectivity index (χ4v) is 5.23. The van der Waals surface area contributed by atoms with Gasteiger partial charge < -0.3 is 4.57 Å². The fraction of sp³-hybridized carbons (Fsp3) is 0.0556. The molecule has 12 heteroatoms. The normalized spacial score (nSPS) is 15.8. The Labute approximate surface area is 194 Å². The largest absolute Gasteiger partial charge is 0.329 e. The third kappa shape index (κ3) is 4.14. The molecule has 0 radical (unpaired) electrons. The van der Waals surface area contributed by atoms with Crippen molar-refractivity contribution in [1.82, 2.24) is 19.9 Å². The molecule has 2 amide bonds. The van der Waals surface area contributed by atoms with E-state index < -0.39 is 11.8 Å². The molecule has 3 aromatic rings. The Bertz CT molecular complexity index is 1200. The highest BCUT2D eigenvalue weighted by atomic mass is 35.5. The van der Waals surface area contributed by atoms with Crippen molar-refractivity contribution >= 4 is 87.2 Å². The van der Waals surface area contributed by atoms with Crippen LogP contribution in [-0.2, 0) is 16.6 Å². The zero-order chi connectivity index (χ0) is 21.4. The molecule has 0 bridgehead atoms. The smallest absolute Gasteiger partial charge is 0.270 e. The van der Waals surface area contributed by atoms with E-state index in [1.165, 1.54) is 34.1 Å². The first kappa shape index (κ1) is 21.0. The number of nitrogens with zero attached hydrogens (tertiary/aromatic N) is 4. The number of thiocarbonyl (C=S) groups is 1. The van der Waals surface area contributed by atoms with E-state index in [0.29, 0.717) is 19.9 Å².